The van der Waals surface area contributed by atoms with Gasteiger partial charge in [-0.05, 0) is 55.6 Å². The van der Waals surface area contributed by atoms with Crippen molar-refractivity contribution in [2.75, 3.05) is 19.7 Å². The predicted molar refractivity (Wildman–Crippen MR) is 121 cm³/mol. The molecule has 1 N–H and O–H groups in total. The normalized spacial score (nSPS) is 18.3. The topological polar surface area (TPSA) is 66.5 Å². The van der Waals surface area contributed by atoms with E-state index in [4.69, 9.17) is 5.10 Å². The van der Waals surface area contributed by atoms with Crippen molar-refractivity contribution in [3.05, 3.63) is 84.1 Å². The number of aliphatic hydroxyl groups excluding tert-OH is 1. The number of pyridine rings is 1. The fourth-order valence-corrected chi connectivity index (χ4v) is 4.87. The Morgan fingerprint density at radius 2 is 1.87 bits per heavy atom. The van der Waals surface area contributed by atoms with E-state index in [-0.39, 0.29) is 12.6 Å². The molecule has 158 valence electrons. The van der Waals surface area contributed by atoms with Gasteiger partial charge in [0.15, 0.2) is 5.65 Å². The molecule has 3 aromatic heterocycles. The van der Waals surface area contributed by atoms with Gasteiger partial charge in [0.2, 0.25) is 0 Å². The zero-order chi connectivity index (χ0) is 21.2. The van der Waals surface area contributed by atoms with Crippen LogP contribution < -0.4 is 0 Å². The maximum Gasteiger partial charge on any atom is 0.163 e. The summed E-state index contributed by atoms with van der Waals surface area (Å²) < 4.78 is 2.02. The minimum Gasteiger partial charge on any atom is -0.394 e. The zero-order valence-electron chi connectivity index (χ0n) is 17.7. The number of aliphatic hydroxyl groups is 1. The third-order valence-electron chi connectivity index (χ3n) is 6.36. The summed E-state index contributed by atoms with van der Waals surface area (Å²) in [5.41, 5.74) is 6.36. The second kappa shape index (κ2) is 8.57. The van der Waals surface area contributed by atoms with Gasteiger partial charge in [-0.25, -0.2) is 9.50 Å². The summed E-state index contributed by atoms with van der Waals surface area (Å²) in [5.74, 6) is 0.335. The van der Waals surface area contributed by atoms with E-state index >= 15 is 0 Å². The van der Waals surface area contributed by atoms with Crippen LogP contribution in [-0.4, -0.2) is 49.3 Å². The molecule has 5 rings (SSSR count). The van der Waals surface area contributed by atoms with E-state index in [2.05, 4.69) is 33.1 Å². The second-order valence-corrected chi connectivity index (χ2v) is 8.24. The van der Waals surface area contributed by atoms with Gasteiger partial charge < -0.3 is 5.11 Å². The largest absolute Gasteiger partial charge is 0.394 e. The van der Waals surface area contributed by atoms with Crippen LogP contribution >= 0.6 is 0 Å². The van der Waals surface area contributed by atoms with E-state index in [1.807, 2.05) is 48.0 Å². The fourth-order valence-electron chi connectivity index (χ4n) is 4.87. The summed E-state index contributed by atoms with van der Waals surface area (Å²) in [6, 6.07) is 16.4. The number of benzene rings is 1. The number of aryl methyl sites for hydroxylation is 1. The Balaban J connectivity index is 1.50. The van der Waals surface area contributed by atoms with Crippen LogP contribution in [-0.2, 0) is 0 Å². The molecule has 0 aliphatic carbocycles. The van der Waals surface area contributed by atoms with Crippen molar-refractivity contribution in [3.63, 3.8) is 0 Å². The molecule has 0 spiro atoms. The first-order chi connectivity index (χ1) is 15.3. The van der Waals surface area contributed by atoms with Gasteiger partial charge >= 0.3 is 0 Å². The molecule has 1 aromatic carbocycles. The van der Waals surface area contributed by atoms with Crippen LogP contribution in [0.1, 0.15) is 41.8 Å². The van der Waals surface area contributed by atoms with Crippen molar-refractivity contribution in [1.82, 2.24) is 24.5 Å². The molecule has 4 heterocycles. The number of piperidine rings is 1. The maximum absolute atomic E-state index is 10.2. The van der Waals surface area contributed by atoms with E-state index in [1.54, 1.807) is 12.4 Å². The lowest BCUT2D eigenvalue weighted by Crippen LogP contribution is -2.39. The van der Waals surface area contributed by atoms with E-state index in [1.165, 1.54) is 11.3 Å². The molecule has 1 saturated heterocycles. The Kier molecular flexibility index (Phi) is 5.49. The van der Waals surface area contributed by atoms with Crippen molar-refractivity contribution >= 4 is 5.65 Å². The molecule has 0 unspecified atom stereocenters. The highest BCUT2D eigenvalue weighted by Crippen LogP contribution is 2.34. The number of hydrogen-bond acceptors (Lipinski definition) is 5. The van der Waals surface area contributed by atoms with Crippen molar-refractivity contribution in [1.29, 1.82) is 0 Å². The highest BCUT2D eigenvalue weighted by atomic mass is 16.3. The molecule has 1 aliphatic rings. The molecule has 0 amide bonds. The summed E-state index contributed by atoms with van der Waals surface area (Å²) in [6.45, 7) is 4.04. The number of nitrogens with zero attached hydrogens (tertiary/aromatic N) is 5. The average Bonchev–Trinajstić information content (AvgIpc) is 3.17. The Hall–Kier alpha value is -3.09. The van der Waals surface area contributed by atoms with Crippen LogP contribution in [0.25, 0.3) is 16.8 Å². The van der Waals surface area contributed by atoms with Gasteiger partial charge in [-0.3, -0.25) is 9.88 Å². The standard InChI is InChI=1S/C25H27N5O/c1-18-24(20-9-12-26-13-10-20)25-27-14-11-22(30(25)28-18)21-8-5-15-29(16-21)23(17-31)19-6-3-2-4-7-19/h2-4,6-7,9-14,21,23,31H,5,8,15-17H2,1H3/t21-,23+/m1/s1. The van der Waals surface area contributed by atoms with E-state index in [0.29, 0.717) is 5.92 Å². The highest BCUT2D eigenvalue weighted by molar-refractivity contribution is 5.79. The third-order valence-corrected chi connectivity index (χ3v) is 6.36. The van der Waals surface area contributed by atoms with E-state index in [9.17, 15) is 5.11 Å². The highest BCUT2D eigenvalue weighted by Gasteiger charge is 2.29. The molecule has 4 aromatic rings. The minimum absolute atomic E-state index is 0.0214. The molecule has 0 saturated carbocycles. The first-order valence-electron chi connectivity index (χ1n) is 10.9. The monoisotopic (exact) mass is 413 g/mol. The van der Waals surface area contributed by atoms with Gasteiger partial charge in [0, 0.05) is 36.6 Å². The number of aromatic nitrogens is 4. The second-order valence-electron chi connectivity index (χ2n) is 8.24. The summed E-state index contributed by atoms with van der Waals surface area (Å²) in [7, 11) is 0. The number of fused-ring (bicyclic) bond motifs is 1. The quantitative estimate of drug-likeness (QED) is 0.535. The van der Waals surface area contributed by atoms with Gasteiger partial charge in [-0.1, -0.05) is 30.3 Å². The van der Waals surface area contributed by atoms with E-state index < -0.39 is 0 Å². The lowest BCUT2D eigenvalue weighted by atomic mass is 9.92. The Morgan fingerprint density at radius 1 is 1.06 bits per heavy atom. The van der Waals surface area contributed by atoms with Crippen LogP contribution in [0.3, 0.4) is 0 Å². The Labute approximate surface area is 182 Å². The molecule has 6 nitrogen and oxygen atoms in total. The van der Waals surface area contributed by atoms with Crippen molar-refractivity contribution in [3.8, 4) is 11.1 Å². The lowest BCUT2D eigenvalue weighted by molar-refractivity contribution is 0.0942. The summed E-state index contributed by atoms with van der Waals surface area (Å²) in [6.07, 6.45) is 7.71. The number of rotatable bonds is 5. The van der Waals surface area contributed by atoms with Gasteiger partial charge in [-0.2, -0.15) is 5.10 Å². The van der Waals surface area contributed by atoms with Crippen LogP contribution in [0, 0.1) is 6.92 Å². The van der Waals surface area contributed by atoms with Crippen molar-refractivity contribution in [2.24, 2.45) is 0 Å². The molecule has 1 fully saturated rings. The van der Waals surface area contributed by atoms with Gasteiger partial charge in [0.25, 0.3) is 0 Å². The van der Waals surface area contributed by atoms with Crippen LogP contribution in [0.2, 0.25) is 0 Å². The maximum atomic E-state index is 10.2. The summed E-state index contributed by atoms with van der Waals surface area (Å²) in [4.78, 5) is 11.2. The van der Waals surface area contributed by atoms with Crippen molar-refractivity contribution in [2.45, 2.75) is 31.7 Å². The molecular weight excluding hydrogens is 386 g/mol. The SMILES string of the molecule is Cc1nn2c([C@@H]3CCCN([C@@H](CO)c4ccccc4)C3)ccnc2c1-c1ccncc1. The Bertz CT molecular complexity index is 1160. The van der Waals surface area contributed by atoms with Gasteiger partial charge in [0.05, 0.1) is 24.0 Å². The van der Waals surface area contributed by atoms with E-state index in [0.717, 1.165) is 48.4 Å². The third kappa shape index (κ3) is 3.73. The zero-order valence-corrected chi connectivity index (χ0v) is 17.7. The van der Waals surface area contributed by atoms with Gasteiger partial charge in [-0.15, -0.1) is 0 Å². The smallest absolute Gasteiger partial charge is 0.163 e. The summed E-state index contributed by atoms with van der Waals surface area (Å²) in [5, 5.41) is 15.0. The lowest BCUT2D eigenvalue weighted by Gasteiger charge is -2.38. The fraction of sp³-hybridized carbons (Fsp3) is 0.320. The minimum atomic E-state index is 0.0214. The number of likely N-dealkylation sites (tertiary alicyclic amines) is 1. The van der Waals surface area contributed by atoms with Gasteiger partial charge in [0.1, 0.15) is 0 Å². The summed E-state index contributed by atoms with van der Waals surface area (Å²) >= 11 is 0. The first-order valence-corrected chi connectivity index (χ1v) is 10.9. The number of hydrogen-bond donors (Lipinski definition) is 1. The molecule has 0 radical (unpaired) electrons. The Morgan fingerprint density at radius 3 is 2.65 bits per heavy atom. The average molecular weight is 414 g/mol. The first kappa shape index (κ1) is 19.8. The predicted octanol–water partition coefficient (Wildman–Crippen LogP) is 4.01. The van der Waals surface area contributed by atoms with Crippen LogP contribution in [0.4, 0.5) is 0 Å². The molecular formula is C25H27N5O. The molecule has 6 heteroatoms. The van der Waals surface area contributed by atoms with Crippen LogP contribution in [0.5, 0.6) is 0 Å². The molecule has 1 aliphatic heterocycles. The van der Waals surface area contributed by atoms with Crippen LogP contribution in [0.15, 0.2) is 67.1 Å². The van der Waals surface area contributed by atoms with Crippen molar-refractivity contribution < 1.29 is 5.11 Å². The molecule has 31 heavy (non-hydrogen) atoms. The molecule has 2 atom stereocenters. The molecule has 0 bridgehead atoms.